The van der Waals surface area contributed by atoms with Crippen LogP contribution in [-0.4, -0.2) is 29.6 Å². The van der Waals surface area contributed by atoms with Gasteiger partial charge in [-0.05, 0) is 338 Å². The van der Waals surface area contributed by atoms with Crippen molar-refractivity contribution in [3.05, 3.63) is 52.1 Å². The highest BCUT2D eigenvalue weighted by atomic mass is 16.5. The summed E-state index contributed by atoms with van der Waals surface area (Å²) in [6.45, 7) is 2.08. The Balaban J connectivity index is 0.971. The van der Waals surface area contributed by atoms with Crippen LogP contribution >= 0.6 is 0 Å². The Morgan fingerprint density at radius 3 is 0.782 bits per heavy atom. The molecule has 1 saturated carbocycles. The van der Waals surface area contributed by atoms with Crippen molar-refractivity contribution in [3.63, 3.8) is 0 Å². The molecule has 0 aliphatic heterocycles. The highest BCUT2D eigenvalue weighted by molar-refractivity contribution is 6.82. The predicted octanol–water partition coefficient (Wildman–Crippen LogP) is 16.9. The Morgan fingerprint density at radius 2 is 0.577 bits per heavy atom. The van der Waals surface area contributed by atoms with Crippen LogP contribution in [0.1, 0.15) is 34.7 Å². The van der Waals surface area contributed by atoms with Gasteiger partial charge >= 0.3 is 5.97 Å². The molecule has 0 bridgehead atoms. The van der Waals surface area contributed by atoms with E-state index in [0.717, 1.165) is 5.56 Å². The smallest absolute Gasteiger partial charge is 0.328 e. The van der Waals surface area contributed by atoms with Crippen molar-refractivity contribution in [1.82, 2.24) is 5.32 Å². The number of carbonyl (C=O) groups excluding carboxylic acids is 2. The zero-order valence-electron chi connectivity index (χ0n) is 40.1. The molecule has 5 aliphatic rings. The third kappa shape index (κ3) is 1.76. The third-order valence-electron chi connectivity index (χ3n) is 26.8. The lowest BCUT2D eigenvalue weighted by atomic mass is 9.68. The summed E-state index contributed by atoms with van der Waals surface area (Å²) in [7, 11) is 0. The van der Waals surface area contributed by atoms with Gasteiger partial charge in [0.2, 0.25) is 5.91 Å². The van der Waals surface area contributed by atoms with Gasteiger partial charge in [0, 0.05) is 6.42 Å². The van der Waals surface area contributed by atoms with Crippen LogP contribution in [0.25, 0.3) is 291 Å². The minimum absolute atomic E-state index is 0.0261. The van der Waals surface area contributed by atoms with Crippen LogP contribution in [0.15, 0.2) is 24.3 Å². The van der Waals surface area contributed by atoms with Gasteiger partial charge in [0.25, 0.3) is 0 Å². The van der Waals surface area contributed by atoms with Crippen molar-refractivity contribution in [2.75, 3.05) is 6.61 Å². The molecule has 29 aromatic rings. The maximum Gasteiger partial charge on any atom is 0.328 e. The number of esters is 1. The second-order valence-corrected chi connectivity index (χ2v) is 27.5. The van der Waals surface area contributed by atoms with E-state index in [0.29, 0.717) is 0 Å². The molecule has 0 radical (unpaired) electrons. The number of ether oxygens (including phenoxy) is 1. The van der Waals surface area contributed by atoms with E-state index in [9.17, 15) is 9.90 Å². The molecular formula is C73H15NO4. The summed E-state index contributed by atoms with van der Waals surface area (Å²) >= 11 is 0. The normalized spacial score (nSPS) is 22.3. The van der Waals surface area contributed by atoms with Crippen LogP contribution in [-0.2, 0) is 31.6 Å². The highest BCUT2D eigenvalue weighted by Crippen LogP contribution is 2.92. The molecule has 5 aliphatic carbocycles. The molecule has 1 fully saturated rings. The zero-order valence-corrected chi connectivity index (χ0v) is 40.1. The lowest BCUT2D eigenvalue weighted by Gasteiger charge is -2.32. The number of carbonyl (C=O) groups is 2. The fourth-order valence-electron chi connectivity index (χ4n) is 26.4. The molecule has 5 nitrogen and oxygen atoms in total. The van der Waals surface area contributed by atoms with Crippen LogP contribution in [0, 0.1) is 5.92 Å². The summed E-state index contributed by atoms with van der Waals surface area (Å²) in [5, 5.41) is 96.8. The van der Waals surface area contributed by atoms with Crippen LogP contribution in [0.2, 0.25) is 0 Å². The topological polar surface area (TPSA) is 75.6 Å². The molecule has 2 N–H and O–H groups in total. The number of aromatic hydroxyl groups is 1. The van der Waals surface area contributed by atoms with Gasteiger partial charge in [-0.15, -0.1) is 0 Å². The molecule has 29 aromatic carbocycles. The van der Waals surface area contributed by atoms with E-state index >= 15 is 4.79 Å². The predicted molar refractivity (Wildman–Crippen MR) is 318 cm³/mol. The van der Waals surface area contributed by atoms with Crippen LogP contribution in [0.3, 0.4) is 0 Å². The summed E-state index contributed by atoms with van der Waals surface area (Å²) < 4.78 is 5.91. The van der Waals surface area contributed by atoms with E-state index in [-0.39, 0.29) is 24.7 Å². The first-order chi connectivity index (χ1) is 38.6. The second-order valence-electron chi connectivity index (χ2n) is 27.5. The molecule has 78 heavy (non-hydrogen) atoms. The van der Waals surface area contributed by atoms with E-state index in [4.69, 9.17) is 4.74 Å². The fraction of sp³-hybridized carbons (Fsp3) is 0.0959. The molecular weight excluding hydrogens is 955 g/mol. The first kappa shape index (κ1) is 30.8. The van der Waals surface area contributed by atoms with Crippen molar-refractivity contribution in [2.24, 2.45) is 5.92 Å². The molecule has 0 aromatic heterocycles. The number of amides is 1. The largest absolute Gasteiger partial charge is 0.508 e. The zero-order chi connectivity index (χ0) is 47.6. The average Bonchev–Trinajstić information content (AvgIpc) is 1.57. The number of phenolic OH excluding ortho intramolecular Hbond substituents is 1. The van der Waals surface area contributed by atoms with E-state index in [1.165, 1.54) is 162 Å². The van der Waals surface area contributed by atoms with Gasteiger partial charge < -0.3 is 15.2 Å². The van der Waals surface area contributed by atoms with E-state index in [1.54, 1.807) is 163 Å². The highest BCUT2D eigenvalue weighted by Gasteiger charge is 2.88. The van der Waals surface area contributed by atoms with Crippen LogP contribution in [0.5, 0.6) is 5.75 Å². The first-order valence-electron chi connectivity index (χ1n) is 28.6. The van der Waals surface area contributed by atoms with Crippen molar-refractivity contribution in [1.29, 1.82) is 0 Å². The monoisotopic (exact) mass is 969 g/mol. The Labute approximate surface area is 425 Å². The van der Waals surface area contributed by atoms with Gasteiger partial charge in [0.15, 0.2) is 0 Å². The lowest BCUT2D eigenvalue weighted by Crippen LogP contribution is -2.45. The SMILES string of the molecule is CCOC(=O)[C@H](Cc1ccc(O)cc1)NC(=O)C1C23c4c5c6c7c8c9c(c%10c%11c2c2c4c4c%12c5c5c6c6c8c8c%13c9c9c%10c%10c%11c%11c2c2c4c4c%12c%12c5c5c6c8c6c8c%13c9c9c%10c%10c%11c2c2c4c4c%12c5c6c5c8c9c%10c2c45)C713. The summed E-state index contributed by atoms with van der Waals surface area (Å²) in [5.41, 5.74) is 5.36. The van der Waals surface area contributed by atoms with E-state index < -0.39 is 28.8 Å². The number of benzene rings is 19. The number of hydrogen-bond donors (Lipinski definition) is 2. The first-order valence-corrected chi connectivity index (χ1v) is 28.6. The maximum atomic E-state index is 17.1. The summed E-state index contributed by atoms with van der Waals surface area (Å²) in [4.78, 5) is 31.6. The quantitative estimate of drug-likeness (QED) is 0.129. The van der Waals surface area contributed by atoms with Gasteiger partial charge in [-0.1, -0.05) is 12.1 Å². The van der Waals surface area contributed by atoms with Gasteiger partial charge in [-0.3, -0.25) is 4.79 Å². The number of rotatable bonds is 6. The summed E-state index contributed by atoms with van der Waals surface area (Å²) in [6.07, 6.45) is 0.272. The summed E-state index contributed by atoms with van der Waals surface area (Å²) in [6, 6.07) is 6.19. The van der Waals surface area contributed by atoms with Crippen molar-refractivity contribution < 1.29 is 19.4 Å². The van der Waals surface area contributed by atoms with Gasteiger partial charge in [-0.2, -0.15) is 0 Å². The molecule has 34 rings (SSSR count). The average molecular weight is 970 g/mol. The summed E-state index contributed by atoms with van der Waals surface area (Å²) in [5.74, 6) is -0.749. The van der Waals surface area contributed by atoms with Crippen molar-refractivity contribution in [2.45, 2.75) is 30.2 Å². The van der Waals surface area contributed by atoms with Gasteiger partial charge in [0.1, 0.15) is 11.8 Å². The van der Waals surface area contributed by atoms with Gasteiger partial charge in [0.05, 0.1) is 23.4 Å². The van der Waals surface area contributed by atoms with E-state index in [1.807, 2.05) is 19.1 Å². The molecule has 0 unspecified atom stereocenters. The molecule has 0 saturated heterocycles. The molecule has 336 valence electrons. The number of nitrogens with one attached hydrogen (secondary N) is 1. The molecule has 1 atom stereocenters. The van der Waals surface area contributed by atoms with Crippen LogP contribution < -0.4 is 5.32 Å². The fourth-order valence-corrected chi connectivity index (χ4v) is 26.4. The Bertz CT molecular complexity index is 7160. The Morgan fingerprint density at radius 1 is 0.372 bits per heavy atom. The Kier molecular flexibility index (Phi) is 2.87. The number of phenols is 1. The molecule has 5 heteroatoms. The van der Waals surface area contributed by atoms with Crippen molar-refractivity contribution in [3.8, 4) is 5.75 Å². The van der Waals surface area contributed by atoms with Crippen LogP contribution in [0.4, 0.5) is 0 Å². The van der Waals surface area contributed by atoms with Gasteiger partial charge in [-0.25, -0.2) is 4.79 Å². The van der Waals surface area contributed by atoms with E-state index in [2.05, 4.69) is 5.32 Å². The molecule has 2 spiro atoms. The van der Waals surface area contributed by atoms with Crippen molar-refractivity contribution >= 4 is 303 Å². The second kappa shape index (κ2) is 7.26. The molecule has 1 amide bonds. The standard InChI is InChI=1S/C73H15NO4/c1-2-78-71(77)10(7-8-3-5-9(75)6-4-8)74-70(76)69-72-65-57-49-39-29-21-13-11-12-15-19-17(13)25-33-27(19)37-31-23(15)24-16(12)20-18-14(11)22(21)30-36-26(18)34-28(20)38-32(24)42-41(31)51-45(37)55-47(33)53(43(49)35(25)29)61(65)63(55)67-59(51)60-52(42)46(38)56-48(34)54-44(36)50(40(30)39)58(57)66(72)62(54)64(56)68(60)73(67,69)72/h3-6,10,69,75H,2,7H2,1H3,(H,74,76)/t10-,69?,72?,73?/m0/s1. The minimum atomic E-state index is -0.906. The Hall–Kier alpha value is -9.58. The third-order valence-corrected chi connectivity index (χ3v) is 26.8. The lowest BCUT2D eigenvalue weighted by molar-refractivity contribution is -0.147. The maximum absolute atomic E-state index is 17.1. The molecule has 0 heterocycles. The number of hydrogen-bond acceptors (Lipinski definition) is 4. The minimum Gasteiger partial charge on any atom is -0.508 e.